The second-order valence-corrected chi connectivity index (χ2v) is 8.06. The van der Waals surface area contributed by atoms with Gasteiger partial charge in [-0.15, -0.1) is 0 Å². The van der Waals surface area contributed by atoms with Crippen LogP contribution in [-0.2, 0) is 4.79 Å². The van der Waals surface area contributed by atoms with Crippen molar-refractivity contribution in [3.05, 3.63) is 0 Å². The molecule has 2 aliphatic rings. The number of nitrogens with one attached hydrogen (secondary N) is 2. The number of aliphatic imine (C=N–C) groups is 1. The van der Waals surface area contributed by atoms with Crippen molar-refractivity contribution in [3.8, 4) is 0 Å². The Morgan fingerprint density at radius 2 is 2.04 bits per heavy atom. The summed E-state index contributed by atoms with van der Waals surface area (Å²) >= 11 is 0. The van der Waals surface area contributed by atoms with Gasteiger partial charge in [0.2, 0.25) is 5.91 Å². The fourth-order valence-corrected chi connectivity index (χ4v) is 3.91. The van der Waals surface area contributed by atoms with E-state index in [1.165, 1.54) is 25.8 Å². The molecule has 2 unspecified atom stereocenters. The SMILES string of the molecule is CCNC(=NCCCN1CCCCC1C)NC1CCN(C(=O)C(C)C)C1. The molecule has 2 fully saturated rings. The highest BCUT2D eigenvalue weighted by atomic mass is 16.2. The molecule has 0 spiro atoms. The van der Waals surface area contributed by atoms with Crippen LogP contribution in [0.2, 0.25) is 0 Å². The average Bonchev–Trinajstić information content (AvgIpc) is 3.07. The molecule has 2 N–H and O–H groups in total. The van der Waals surface area contributed by atoms with Gasteiger partial charge in [0.25, 0.3) is 0 Å². The van der Waals surface area contributed by atoms with Crippen LogP contribution in [-0.4, -0.2) is 73.0 Å². The molecule has 0 aromatic heterocycles. The lowest BCUT2D eigenvalue weighted by Gasteiger charge is -2.33. The normalized spacial score (nSPS) is 25.0. The fraction of sp³-hybridized carbons (Fsp3) is 0.900. The number of hydrogen-bond acceptors (Lipinski definition) is 3. The first kappa shape index (κ1) is 21.0. The van der Waals surface area contributed by atoms with Crippen molar-refractivity contribution in [2.75, 3.05) is 39.3 Å². The smallest absolute Gasteiger partial charge is 0.225 e. The van der Waals surface area contributed by atoms with Crippen LogP contribution in [0, 0.1) is 5.92 Å². The maximum absolute atomic E-state index is 12.1. The summed E-state index contributed by atoms with van der Waals surface area (Å²) in [6.45, 7) is 14.1. The molecule has 0 aliphatic carbocycles. The highest BCUT2D eigenvalue weighted by Gasteiger charge is 2.27. The quantitative estimate of drug-likeness (QED) is 0.412. The molecule has 26 heavy (non-hydrogen) atoms. The predicted molar refractivity (Wildman–Crippen MR) is 108 cm³/mol. The van der Waals surface area contributed by atoms with Gasteiger partial charge in [-0.05, 0) is 46.1 Å². The van der Waals surface area contributed by atoms with Gasteiger partial charge < -0.3 is 20.4 Å². The van der Waals surface area contributed by atoms with E-state index in [2.05, 4.69) is 29.4 Å². The van der Waals surface area contributed by atoms with Crippen LogP contribution in [0.15, 0.2) is 4.99 Å². The zero-order chi connectivity index (χ0) is 18.9. The first-order valence-electron chi connectivity index (χ1n) is 10.6. The maximum atomic E-state index is 12.1. The molecule has 0 aromatic rings. The minimum absolute atomic E-state index is 0.0767. The van der Waals surface area contributed by atoms with Gasteiger partial charge in [0.05, 0.1) is 0 Å². The van der Waals surface area contributed by atoms with E-state index in [1.54, 1.807) is 0 Å². The number of likely N-dealkylation sites (tertiary alicyclic amines) is 2. The molecule has 1 amide bonds. The van der Waals surface area contributed by atoms with Crippen LogP contribution in [0.25, 0.3) is 0 Å². The Bertz CT molecular complexity index is 465. The molecule has 0 radical (unpaired) electrons. The van der Waals surface area contributed by atoms with Gasteiger partial charge in [0, 0.05) is 50.7 Å². The van der Waals surface area contributed by atoms with E-state index in [0.29, 0.717) is 6.04 Å². The summed E-state index contributed by atoms with van der Waals surface area (Å²) in [7, 11) is 0. The molecule has 2 saturated heterocycles. The molecule has 6 heteroatoms. The average molecular weight is 366 g/mol. The number of guanidine groups is 1. The van der Waals surface area contributed by atoms with Gasteiger partial charge >= 0.3 is 0 Å². The van der Waals surface area contributed by atoms with Crippen molar-refractivity contribution in [1.29, 1.82) is 0 Å². The standard InChI is InChI=1S/C20H39N5O/c1-5-21-20(22-11-8-13-24-12-7-6-9-17(24)4)23-18-10-14-25(15-18)19(26)16(2)3/h16-18H,5-15H2,1-4H3,(H2,21,22,23). The van der Waals surface area contributed by atoms with E-state index in [9.17, 15) is 4.79 Å². The van der Waals surface area contributed by atoms with Crippen molar-refractivity contribution in [3.63, 3.8) is 0 Å². The summed E-state index contributed by atoms with van der Waals surface area (Å²) in [5, 5.41) is 6.86. The van der Waals surface area contributed by atoms with Crippen molar-refractivity contribution in [2.45, 2.75) is 71.9 Å². The maximum Gasteiger partial charge on any atom is 0.225 e. The summed E-state index contributed by atoms with van der Waals surface area (Å²) in [6, 6.07) is 1.03. The first-order chi connectivity index (χ1) is 12.5. The first-order valence-corrected chi connectivity index (χ1v) is 10.6. The van der Waals surface area contributed by atoms with Crippen molar-refractivity contribution >= 4 is 11.9 Å². The van der Waals surface area contributed by atoms with E-state index in [1.807, 2.05) is 18.7 Å². The molecule has 0 bridgehead atoms. The molecule has 0 saturated carbocycles. The third-order valence-electron chi connectivity index (χ3n) is 5.49. The molecular weight excluding hydrogens is 326 g/mol. The highest BCUT2D eigenvalue weighted by molar-refractivity contribution is 5.81. The zero-order valence-electron chi connectivity index (χ0n) is 17.3. The van der Waals surface area contributed by atoms with Crippen molar-refractivity contribution in [2.24, 2.45) is 10.9 Å². The van der Waals surface area contributed by atoms with E-state index >= 15 is 0 Å². The largest absolute Gasteiger partial charge is 0.357 e. The van der Waals surface area contributed by atoms with Gasteiger partial charge in [-0.3, -0.25) is 9.79 Å². The van der Waals surface area contributed by atoms with Crippen LogP contribution in [0.1, 0.15) is 59.8 Å². The van der Waals surface area contributed by atoms with E-state index in [4.69, 9.17) is 4.99 Å². The van der Waals surface area contributed by atoms with Gasteiger partial charge in [0.15, 0.2) is 5.96 Å². The summed E-state index contributed by atoms with van der Waals surface area (Å²) in [6.07, 6.45) is 6.14. The van der Waals surface area contributed by atoms with Crippen LogP contribution in [0.5, 0.6) is 0 Å². The monoisotopic (exact) mass is 365 g/mol. The van der Waals surface area contributed by atoms with Crippen LogP contribution in [0.3, 0.4) is 0 Å². The number of piperidine rings is 1. The predicted octanol–water partition coefficient (Wildman–Crippen LogP) is 2.06. The van der Waals surface area contributed by atoms with E-state index in [0.717, 1.165) is 57.6 Å². The third kappa shape index (κ3) is 6.45. The number of hydrogen-bond donors (Lipinski definition) is 2. The summed E-state index contributed by atoms with van der Waals surface area (Å²) < 4.78 is 0. The van der Waals surface area contributed by atoms with Gasteiger partial charge in [-0.2, -0.15) is 0 Å². The van der Waals surface area contributed by atoms with Crippen molar-refractivity contribution in [1.82, 2.24) is 20.4 Å². The van der Waals surface area contributed by atoms with Gasteiger partial charge in [-0.1, -0.05) is 20.3 Å². The van der Waals surface area contributed by atoms with E-state index < -0.39 is 0 Å². The Morgan fingerprint density at radius 1 is 1.23 bits per heavy atom. The molecule has 150 valence electrons. The van der Waals surface area contributed by atoms with Crippen LogP contribution < -0.4 is 10.6 Å². The summed E-state index contributed by atoms with van der Waals surface area (Å²) in [5.41, 5.74) is 0. The lowest BCUT2D eigenvalue weighted by atomic mass is 10.0. The molecular formula is C20H39N5O. The number of carbonyl (C=O) groups is 1. The second kappa shape index (κ2) is 10.8. The van der Waals surface area contributed by atoms with Crippen LogP contribution in [0.4, 0.5) is 0 Å². The number of carbonyl (C=O) groups excluding carboxylic acids is 1. The molecule has 2 rings (SSSR count). The highest BCUT2D eigenvalue weighted by Crippen LogP contribution is 2.16. The Morgan fingerprint density at radius 3 is 2.73 bits per heavy atom. The van der Waals surface area contributed by atoms with E-state index in [-0.39, 0.29) is 11.8 Å². The number of nitrogens with zero attached hydrogens (tertiary/aromatic N) is 3. The summed E-state index contributed by atoms with van der Waals surface area (Å²) in [5.74, 6) is 1.22. The Hall–Kier alpha value is -1.30. The lowest BCUT2D eigenvalue weighted by Crippen LogP contribution is -2.45. The molecule has 6 nitrogen and oxygen atoms in total. The topological polar surface area (TPSA) is 60.0 Å². The fourth-order valence-electron chi connectivity index (χ4n) is 3.91. The zero-order valence-corrected chi connectivity index (χ0v) is 17.3. The Labute approximate surface area is 159 Å². The van der Waals surface area contributed by atoms with Crippen LogP contribution >= 0.6 is 0 Å². The number of rotatable bonds is 7. The Kier molecular flexibility index (Phi) is 8.69. The molecule has 2 aliphatic heterocycles. The minimum atomic E-state index is 0.0767. The Balaban J connectivity index is 1.75. The van der Waals surface area contributed by atoms with Gasteiger partial charge in [0.1, 0.15) is 0 Å². The molecule has 2 heterocycles. The molecule has 2 atom stereocenters. The third-order valence-corrected chi connectivity index (χ3v) is 5.49. The summed E-state index contributed by atoms with van der Waals surface area (Å²) in [4.78, 5) is 21.5. The number of amides is 1. The van der Waals surface area contributed by atoms with Crippen molar-refractivity contribution < 1.29 is 4.79 Å². The molecule has 0 aromatic carbocycles. The minimum Gasteiger partial charge on any atom is -0.357 e. The second-order valence-electron chi connectivity index (χ2n) is 8.06. The lowest BCUT2D eigenvalue weighted by molar-refractivity contribution is -0.133. The van der Waals surface area contributed by atoms with Gasteiger partial charge in [-0.25, -0.2) is 0 Å².